The minimum atomic E-state index is -0.210. The van der Waals surface area contributed by atoms with Gasteiger partial charge in [0.25, 0.3) is 0 Å². The van der Waals surface area contributed by atoms with Gasteiger partial charge in [0, 0.05) is 18.9 Å². The molecule has 3 nitrogen and oxygen atoms in total. The highest BCUT2D eigenvalue weighted by Gasteiger charge is 1.98. The van der Waals surface area contributed by atoms with Gasteiger partial charge in [-0.2, -0.15) is 0 Å². The van der Waals surface area contributed by atoms with E-state index in [0.29, 0.717) is 0 Å². The Kier molecular flexibility index (Phi) is 4.90. The zero-order chi connectivity index (χ0) is 10.4. The maximum atomic E-state index is 9.06. The normalized spacial score (nSPS) is 12.5. The summed E-state index contributed by atoms with van der Waals surface area (Å²) in [4.78, 5) is 3.97. The van der Waals surface area contributed by atoms with Crippen LogP contribution in [0.4, 0.5) is 5.69 Å². The molecule has 1 aromatic heterocycles. The van der Waals surface area contributed by atoms with Gasteiger partial charge in [-0.1, -0.05) is 0 Å². The van der Waals surface area contributed by atoms with Crippen molar-refractivity contribution in [1.29, 1.82) is 0 Å². The number of rotatable bonds is 5. The number of pyridine rings is 1. The van der Waals surface area contributed by atoms with Crippen LogP contribution in [0.3, 0.4) is 0 Å². The fourth-order valence-corrected chi connectivity index (χ4v) is 1.53. The van der Waals surface area contributed by atoms with E-state index in [4.69, 9.17) is 5.11 Å². The van der Waals surface area contributed by atoms with Crippen molar-refractivity contribution in [3.05, 3.63) is 22.9 Å². The minimum absolute atomic E-state index is 0.210. The van der Waals surface area contributed by atoms with Crippen LogP contribution in [0.1, 0.15) is 19.8 Å². The van der Waals surface area contributed by atoms with Crippen LogP contribution in [0, 0.1) is 0 Å². The first-order valence-corrected chi connectivity index (χ1v) is 5.51. The molecule has 0 aliphatic carbocycles. The number of nitrogens with zero attached hydrogens (tertiary/aromatic N) is 1. The van der Waals surface area contributed by atoms with Crippen LogP contribution in [0.2, 0.25) is 0 Å². The number of hydrogen-bond acceptors (Lipinski definition) is 3. The number of anilines is 1. The number of aliphatic hydroxyl groups is 1. The molecule has 0 aliphatic rings. The summed E-state index contributed by atoms with van der Waals surface area (Å²) in [5.74, 6) is 0. The Morgan fingerprint density at radius 1 is 1.64 bits per heavy atom. The maximum absolute atomic E-state index is 9.06. The standard InChI is InChI=1S/C10H15BrN2O/c1-8(14)3-2-5-13-10-4-6-12-7-9(10)11/h4,6-8,14H,2-3,5H2,1H3,(H,12,13). The molecule has 1 unspecified atom stereocenters. The summed E-state index contributed by atoms with van der Waals surface area (Å²) in [5.41, 5.74) is 1.05. The van der Waals surface area contributed by atoms with Gasteiger partial charge in [0.1, 0.15) is 0 Å². The molecule has 78 valence electrons. The second-order valence-electron chi connectivity index (χ2n) is 3.27. The highest BCUT2D eigenvalue weighted by molar-refractivity contribution is 9.10. The molecule has 14 heavy (non-hydrogen) atoms. The third-order valence-electron chi connectivity index (χ3n) is 1.89. The van der Waals surface area contributed by atoms with Gasteiger partial charge in [0.05, 0.1) is 16.3 Å². The van der Waals surface area contributed by atoms with Crippen LogP contribution in [0.15, 0.2) is 22.9 Å². The van der Waals surface area contributed by atoms with E-state index in [2.05, 4.69) is 26.2 Å². The van der Waals surface area contributed by atoms with Gasteiger partial charge >= 0.3 is 0 Å². The van der Waals surface area contributed by atoms with Crippen molar-refractivity contribution in [2.45, 2.75) is 25.9 Å². The monoisotopic (exact) mass is 258 g/mol. The van der Waals surface area contributed by atoms with Gasteiger partial charge in [-0.3, -0.25) is 4.98 Å². The first kappa shape index (κ1) is 11.5. The number of hydrogen-bond donors (Lipinski definition) is 2. The quantitative estimate of drug-likeness (QED) is 0.798. The van der Waals surface area contributed by atoms with Crippen molar-refractivity contribution in [3.8, 4) is 0 Å². The molecular weight excluding hydrogens is 244 g/mol. The molecule has 0 bridgehead atoms. The number of halogens is 1. The average Bonchev–Trinajstić information content (AvgIpc) is 2.15. The molecule has 1 atom stereocenters. The Morgan fingerprint density at radius 3 is 3.07 bits per heavy atom. The Labute approximate surface area is 92.7 Å². The largest absolute Gasteiger partial charge is 0.393 e. The van der Waals surface area contributed by atoms with Crippen molar-refractivity contribution in [2.75, 3.05) is 11.9 Å². The maximum Gasteiger partial charge on any atom is 0.0590 e. The Balaban J connectivity index is 2.28. The molecule has 1 aromatic rings. The summed E-state index contributed by atoms with van der Waals surface area (Å²) in [7, 11) is 0. The van der Waals surface area contributed by atoms with Gasteiger partial charge in [0.15, 0.2) is 0 Å². The topological polar surface area (TPSA) is 45.1 Å². The molecule has 1 rings (SSSR count). The van der Waals surface area contributed by atoms with Crippen LogP contribution in [0.5, 0.6) is 0 Å². The molecule has 4 heteroatoms. The summed E-state index contributed by atoms with van der Waals surface area (Å²) >= 11 is 3.40. The fourth-order valence-electron chi connectivity index (χ4n) is 1.14. The lowest BCUT2D eigenvalue weighted by molar-refractivity contribution is 0.183. The lowest BCUT2D eigenvalue weighted by Gasteiger charge is -2.08. The lowest BCUT2D eigenvalue weighted by atomic mass is 10.2. The van der Waals surface area contributed by atoms with Crippen molar-refractivity contribution in [3.63, 3.8) is 0 Å². The van der Waals surface area contributed by atoms with Gasteiger partial charge in [-0.05, 0) is 41.8 Å². The predicted molar refractivity (Wildman–Crippen MR) is 61.3 cm³/mol. The number of aliphatic hydroxyl groups excluding tert-OH is 1. The Morgan fingerprint density at radius 2 is 2.43 bits per heavy atom. The minimum Gasteiger partial charge on any atom is -0.393 e. The van der Waals surface area contributed by atoms with Crippen LogP contribution >= 0.6 is 15.9 Å². The summed E-state index contributed by atoms with van der Waals surface area (Å²) in [6, 6.07) is 1.92. The van der Waals surface area contributed by atoms with Gasteiger partial charge in [-0.25, -0.2) is 0 Å². The average molecular weight is 259 g/mol. The highest BCUT2D eigenvalue weighted by atomic mass is 79.9. The van der Waals surface area contributed by atoms with Crippen molar-refractivity contribution >= 4 is 21.6 Å². The van der Waals surface area contributed by atoms with E-state index in [1.54, 1.807) is 12.4 Å². The van der Waals surface area contributed by atoms with Crippen LogP contribution in [-0.4, -0.2) is 22.7 Å². The third kappa shape index (κ3) is 4.07. The SMILES string of the molecule is CC(O)CCCNc1ccncc1Br. The van der Waals surface area contributed by atoms with E-state index in [1.165, 1.54) is 0 Å². The molecule has 0 spiro atoms. The lowest BCUT2D eigenvalue weighted by Crippen LogP contribution is -2.06. The van der Waals surface area contributed by atoms with E-state index in [0.717, 1.165) is 29.5 Å². The molecule has 0 fully saturated rings. The zero-order valence-corrected chi connectivity index (χ0v) is 9.79. The molecule has 0 amide bonds. The number of nitrogens with one attached hydrogen (secondary N) is 1. The van der Waals surface area contributed by atoms with Gasteiger partial charge < -0.3 is 10.4 Å². The molecule has 0 saturated carbocycles. The Bertz CT molecular complexity index is 279. The van der Waals surface area contributed by atoms with Crippen molar-refractivity contribution in [1.82, 2.24) is 4.98 Å². The molecular formula is C10H15BrN2O. The van der Waals surface area contributed by atoms with E-state index in [9.17, 15) is 0 Å². The van der Waals surface area contributed by atoms with Crippen LogP contribution in [0.25, 0.3) is 0 Å². The van der Waals surface area contributed by atoms with E-state index >= 15 is 0 Å². The molecule has 1 heterocycles. The van der Waals surface area contributed by atoms with E-state index in [-0.39, 0.29) is 6.10 Å². The zero-order valence-electron chi connectivity index (χ0n) is 8.20. The summed E-state index contributed by atoms with van der Waals surface area (Å²) in [6.07, 6.45) is 5.10. The molecule has 0 radical (unpaired) electrons. The second kappa shape index (κ2) is 5.98. The highest BCUT2D eigenvalue weighted by Crippen LogP contribution is 2.19. The van der Waals surface area contributed by atoms with Crippen molar-refractivity contribution in [2.24, 2.45) is 0 Å². The fraction of sp³-hybridized carbons (Fsp3) is 0.500. The van der Waals surface area contributed by atoms with Gasteiger partial charge in [0.2, 0.25) is 0 Å². The number of aromatic nitrogens is 1. The van der Waals surface area contributed by atoms with E-state index in [1.807, 2.05) is 13.0 Å². The Hall–Kier alpha value is -0.610. The van der Waals surface area contributed by atoms with Crippen molar-refractivity contribution < 1.29 is 5.11 Å². The predicted octanol–water partition coefficient (Wildman–Crippen LogP) is 2.42. The molecule has 0 aromatic carbocycles. The molecule has 0 saturated heterocycles. The summed E-state index contributed by atoms with van der Waals surface area (Å²) in [5, 5.41) is 12.3. The van der Waals surface area contributed by atoms with Crippen LogP contribution < -0.4 is 5.32 Å². The van der Waals surface area contributed by atoms with Gasteiger partial charge in [-0.15, -0.1) is 0 Å². The van der Waals surface area contributed by atoms with Crippen LogP contribution in [-0.2, 0) is 0 Å². The molecule has 0 aliphatic heterocycles. The smallest absolute Gasteiger partial charge is 0.0590 e. The first-order valence-electron chi connectivity index (χ1n) is 4.71. The second-order valence-corrected chi connectivity index (χ2v) is 4.13. The first-order chi connectivity index (χ1) is 6.70. The summed E-state index contributed by atoms with van der Waals surface area (Å²) in [6.45, 7) is 2.68. The van der Waals surface area contributed by atoms with E-state index < -0.39 is 0 Å². The molecule has 2 N–H and O–H groups in total. The third-order valence-corrected chi connectivity index (χ3v) is 2.52. The summed E-state index contributed by atoms with van der Waals surface area (Å²) < 4.78 is 0.969.